The average molecular weight is 480 g/mol. The minimum absolute atomic E-state index is 0.0379. The molecular weight excluding hydrogens is 449 g/mol. The second kappa shape index (κ2) is 11.1. The van der Waals surface area contributed by atoms with E-state index in [1.54, 1.807) is 13.2 Å². The third kappa shape index (κ3) is 5.73. The number of carbonyl (C=O) groups excluding carboxylic acids is 2. The number of hydrogen-bond donors (Lipinski definition) is 0. The molecule has 0 spiro atoms. The van der Waals surface area contributed by atoms with E-state index >= 15 is 0 Å². The number of methoxy groups -OCH3 is 1. The molecule has 0 radical (unpaired) electrons. The predicted octanol–water partition coefficient (Wildman–Crippen LogP) is 2.46. The molecule has 1 aromatic carbocycles. The number of hydrogen-bond acceptors (Lipinski definition) is 5. The Bertz CT molecular complexity index is 740. The van der Waals surface area contributed by atoms with Crippen LogP contribution in [-0.4, -0.2) is 69.9 Å². The molecule has 1 aromatic rings. The number of carbonyl (C=O) groups is 2. The van der Waals surface area contributed by atoms with Crippen molar-refractivity contribution in [1.29, 1.82) is 0 Å². The first-order valence-electron chi connectivity index (χ1n) is 10.5. The summed E-state index contributed by atoms with van der Waals surface area (Å²) in [5.74, 6) is -0.577. The zero-order valence-corrected chi connectivity index (χ0v) is 19.5. The van der Waals surface area contributed by atoms with Gasteiger partial charge in [0.15, 0.2) is 0 Å². The number of rotatable bonds is 10. The van der Waals surface area contributed by atoms with E-state index in [4.69, 9.17) is 14.2 Å². The van der Waals surface area contributed by atoms with Crippen LogP contribution in [0.5, 0.6) is 0 Å². The summed E-state index contributed by atoms with van der Waals surface area (Å²) in [6, 6.07) is 10.5. The van der Waals surface area contributed by atoms with Gasteiger partial charge in [-0.15, -0.1) is 0 Å². The topological polar surface area (TPSA) is 65.1 Å². The van der Waals surface area contributed by atoms with Crippen molar-refractivity contribution < 1.29 is 23.8 Å². The summed E-state index contributed by atoms with van der Waals surface area (Å²) in [6.07, 6.45) is 7.86. The third-order valence-electron chi connectivity index (χ3n) is 5.62. The molecule has 2 aliphatic rings. The van der Waals surface area contributed by atoms with Crippen LogP contribution >= 0.6 is 0 Å². The molecule has 3 atom stereocenters. The van der Waals surface area contributed by atoms with Gasteiger partial charge in [-0.1, -0.05) is 0 Å². The normalized spacial score (nSPS) is 25.8. The Kier molecular flexibility index (Phi) is 8.51. The first-order chi connectivity index (χ1) is 14.6. The van der Waals surface area contributed by atoms with Gasteiger partial charge in [0.1, 0.15) is 0 Å². The van der Waals surface area contributed by atoms with Crippen LogP contribution in [0.2, 0.25) is 5.32 Å². The first-order valence-corrected chi connectivity index (χ1v) is 12.6. The van der Waals surface area contributed by atoms with Gasteiger partial charge in [0.2, 0.25) is 0 Å². The summed E-state index contributed by atoms with van der Waals surface area (Å²) in [6.45, 7) is 1.97. The van der Waals surface area contributed by atoms with Gasteiger partial charge in [0, 0.05) is 0 Å². The van der Waals surface area contributed by atoms with Crippen molar-refractivity contribution in [2.24, 2.45) is 0 Å². The van der Waals surface area contributed by atoms with Crippen LogP contribution in [0.25, 0.3) is 0 Å². The molecule has 6 nitrogen and oxygen atoms in total. The van der Waals surface area contributed by atoms with E-state index in [1.807, 2.05) is 11.0 Å². The molecule has 164 valence electrons. The standard InChI is InChI=1S/C23H31NO5Se/c1-18(25)29-21-11-14-23(13-7-15-30-20-9-4-3-5-10-20)12-6-8-19(16-28-17-27-2)24(23)22(21)26/h3-5,9-11,14,19,21H,6-8,12-13,15-17H2,1-2H3/t19-,21+,23-/m1/s1. The first kappa shape index (κ1) is 23.0. The van der Waals surface area contributed by atoms with Gasteiger partial charge < -0.3 is 0 Å². The van der Waals surface area contributed by atoms with Crippen molar-refractivity contribution in [2.45, 2.75) is 62.0 Å². The second-order valence-corrected chi connectivity index (χ2v) is 10.2. The van der Waals surface area contributed by atoms with Gasteiger partial charge in [-0.3, -0.25) is 0 Å². The van der Waals surface area contributed by atoms with Gasteiger partial charge in [-0.2, -0.15) is 0 Å². The Labute approximate surface area is 185 Å². The van der Waals surface area contributed by atoms with Crippen molar-refractivity contribution >= 4 is 31.3 Å². The minimum atomic E-state index is -0.841. The molecule has 0 N–H and O–H groups in total. The summed E-state index contributed by atoms with van der Waals surface area (Å²) >= 11 is 0.432. The summed E-state index contributed by atoms with van der Waals surface area (Å²) in [5, 5.41) is 1.13. The molecular formula is C23H31NO5Se. The number of piperidine rings is 1. The maximum atomic E-state index is 13.3. The fourth-order valence-electron chi connectivity index (χ4n) is 4.41. The number of amides is 1. The fraction of sp³-hybridized carbons (Fsp3) is 0.565. The van der Waals surface area contributed by atoms with Gasteiger partial charge in [-0.25, -0.2) is 0 Å². The van der Waals surface area contributed by atoms with Crippen LogP contribution in [0.3, 0.4) is 0 Å². The molecule has 1 amide bonds. The van der Waals surface area contributed by atoms with Gasteiger partial charge >= 0.3 is 185 Å². The van der Waals surface area contributed by atoms with E-state index in [1.165, 1.54) is 11.4 Å². The van der Waals surface area contributed by atoms with E-state index in [0.29, 0.717) is 21.6 Å². The van der Waals surface area contributed by atoms with Gasteiger partial charge in [-0.05, 0) is 0 Å². The Morgan fingerprint density at radius 1 is 1.30 bits per heavy atom. The van der Waals surface area contributed by atoms with Crippen LogP contribution < -0.4 is 4.46 Å². The number of esters is 1. The number of nitrogens with zero attached hydrogens (tertiary/aromatic N) is 1. The van der Waals surface area contributed by atoms with Crippen molar-refractivity contribution in [3.05, 3.63) is 42.5 Å². The molecule has 0 unspecified atom stereocenters. The molecule has 0 saturated carbocycles. The van der Waals surface area contributed by atoms with Gasteiger partial charge in [0.05, 0.1) is 0 Å². The van der Waals surface area contributed by atoms with Crippen molar-refractivity contribution in [3.63, 3.8) is 0 Å². The van der Waals surface area contributed by atoms with Crippen LogP contribution in [-0.2, 0) is 23.8 Å². The molecule has 2 aliphatic heterocycles. The van der Waals surface area contributed by atoms with Crippen LogP contribution in [0.4, 0.5) is 0 Å². The molecule has 0 aliphatic carbocycles. The fourth-order valence-corrected chi connectivity index (χ4v) is 6.25. The zero-order chi connectivity index (χ0) is 21.4. The number of benzene rings is 1. The molecule has 3 rings (SSSR count). The summed E-state index contributed by atoms with van der Waals surface area (Å²) in [7, 11) is 1.59. The van der Waals surface area contributed by atoms with Crippen LogP contribution in [0.1, 0.15) is 39.0 Å². The Morgan fingerprint density at radius 3 is 2.83 bits per heavy atom. The Morgan fingerprint density at radius 2 is 2.10 bits per heavy atom. The van der Waals surface area contributed by atoms with Crippen LogP contribution in [0, 0.1) is 0 Å². The molecule has 0 aromatic heterocycles. The van der Waals surface area contributed by atoms with E-state index in [2.05, 4.69) is 30.3 Å². The third-order valence-corrected chi connectivity index (χ3v) is 7.93. The number of ether oxygens (including phenoxy) is 3. The van der Waals surface area contributed by atoms with E-state index in [0.717, 1.165) is 37.4 Å². The second-order valence-electron chi connectivity index (χ2n) is 7.79. The summed E-state index contributed by atoms with van der Waals surface area (Å²) in [4.78, 5) is 26.7. The molecule has 30 heavy (non-hydrogen) atoms. The summed E-state index contributed by atoms with van der Waals surface area (Å²) in [5.41, 5.74) is -0.320. The predicted molar refractivity (Wildman–Crippen MR) is 116 cm³/mol. The number of fused-ring (bicyclic) bond motifs is 1. The SMILES string of the molecule is COCOC[C@H]1CCC[C@@]2(CCC[Se]c3ccccc3)C=C[C@H](OC(C)=O)C(=O)N12. The van der Waals surface area contributed by atoms with Gasteiger partial charge in [0.25, 0.3) is 0 Å². The van der Waals surface area contributed by atoms with E-state index in [-0.39, 0.29) is 24.3 Å². The zero-order valence-electron chi connectivity index (χ0n) is 17.7. The molecule has 1 fully saturated rings. The molecule has 2 heterocycles. The molecule has 1 saturated heterocycles. The molecule has 7 heteroatoms. The average Bonchev–Trinajstić information content (AvgIpc) is 2.74. The van der Waals surface area contributed by atoms with Crippen molar-refractivity contribution in [2.75, 3.05) is 20.5 Å². The molecule has 0 bridgehead atoms. The van der Waals surface area contributed by atoms with E-state index < -0.39 is 12.1 Å². The van der Waals surface area contributed by atoms with Crippen molar-refractivity contribution in [1.82, 2.24) is 4.90 Å². The van der Waals surface area contributed by atoms with Crippen molar-refractivity contribution in [3.8, 4) is 0 Å². The quantitative estimate of drug-likeness (QED) is 0.169. The van der Waals surface area contributed by atoms with Crippen LogP contribution in [0.15, 0.2) is 42.5 Å². The maximum absolute atomic E-state index is 13.3. The van der Waals surface area contributed by atoms with E-state index in [9.17, 15) is 9.59 Å². The monoisotopic (exact) mass is 481 g/mol. The Hall–Kier alpha value is -1.66. The summed E-state index contributed by atoms with van der Waals surface area (Å²) < 4.78 is 17.3. The Balaban J connectivity index is 1.71.